The Morgan fingerprint density at radius 3 is 2.35 bits per heavy atom. The summed E-state index contributed by atoms with van der Waals surface area (Å²) in [7, 11) is 3.68. The van der Waals surface area contributed by atoms with Crippen molar-refractivity contribution in [1.82, 2.24) is 0 Å². The number of anilines is 1. The van der Waals surface area contributed by atoms with Crippen LogP contribution in [0.15, 0.2) is 71.2 Å². The number of non-ortho nitro benzene ring substituents is 1. The molecule has 1 aliphatic rings. The van der Waals surface area contributed by atoms with E-state index in [1.807, 2.05) is 6.07 Å². The SMILES string of the molecule is COC(=O)C1=C(C(=O)OC)N(c2cccc(OC)c2)C(N)=C(C#N)C1c1cccc([N+](=O)[O-])c1. The molecule has 0 aromatic heterocycles. The maximum atomic E-state index is 13.0. The first-order valence-electron chi connectivity index (χ1n) is 9.78. The van der Waals surface area contributed by atoms with Crippen molar-refractivity contribution in [3.8, 4) is 11.8 Å². The molecule has 1 atom stereocenters. The number of ether oxygens (including phenoxy) is 3. The number of esters is 2. The van der Waals surface area contributed by atoms with Gasteiger partial charge in [0.1, 0.15) is 17.3 Å². The average molecular weight is 464 g/mol. The lowest BCUT2D eigenvalue weighted by Gasteiger charge is -2.35. The number of nitrogens with two attached hydrogens (primary N) is 1. The number of rotatable bonds is 6. The van der Waals surface area contributed by atoms with Crippen molar-refractivity contribution in [3.05, 3.63) is 86.9 Å². The van der Waals surface area contributed by atoms with Crippen LogP contribution in [-0.4, -0.2) is 38.2 Å². The first-order valence-corrected chi connectivity index (χ1v) is 9.78. The van der Waals surface area contributed by atoms with Gasteiger partial charge in [0.25, 0.3) is 5.69 Å². The highest BCUT2D eigenvalue weighted by atomic mass is 16.6. The van der Waals surface area contributed by atoms with Crippen molar-refractivity contribution in [2.75, 3.05) is 26.2 Å². The van der Waals surface area contributed by atoms with Crippen molar-refractivity contribution in [3.63, 3.8) is 0 Å². The first-order chi connectivity index (χ1) is 16.3. The van der Waals surface area contributed by atoms with Crippen LogP contribution >= 0.6 is 0 Å². The molecule has 2 N–H and O–H groups in total. The van der Waals surface area contributed by atoms with E-state index >= 15 is 0 Å². The topological polar surface area (TPSA) is 158 Å². The fourth-order valence-electron chi connectivity index (χ4n) is 3.70. The van der Waals surface area contributed by atoms with Gasteiger partial charge in [0.2, 0.25) is 0 Å². The number of hydrogen-bond donors (Lipinski definition) is 1. The molecule has 0 fully saturated rings. The fraction of sp³-hybridized carbons (Fsp3) is 0.174. The summed E-state index contributed by atoms with van der Waals surface area (Å²) >= 11 is 0. The predicted molar refractivity (Wildman–Crippen MR) is 119 cm³/mol. The molecule has 3 rings (SSSR count). The van der Waals surface area contributed by atoms with Gasteiger partial charge in [0, 0.05) is 18.2 Å². The van der Waals surface area contributed by atoms with E-state index in [1.54, 1.807) is 24.3 Å². The largest absolute Gasteiger partial charge is 0.497 e. The summed E-state index contributed by atoms with van der Waals surface area (Å²) in [5.74, 6) is -2.84. The van der Waals surface area contributed by atoms with Crippen LogP contribution in [0.25, 0.3) is 0 Å². The highest BCUT2D eigenvalue weighted by molar-refractivity contribution is 6.06. The summed E-state index contributed by atoms with van der Waals surface area (Å²) < 4.78 is 15.1. The molecule has 1 unspecified atom stereocenters. The number of nitro benzene ring substituents is 1. The number of nitriles is 1. The molecule has 11 heteroatoms. The summed E-state index contributed by atoms with van der Waals surface area (Å²) in [6, 6.07) is 13.8. The molecule has 0 amide bonds. The van der Waals surface area contributed by atoms with Gasteiger partial charge >= 0.3 is 11.9 Å². The van der Waals surface area contributed by atoms with E-state index in [1.165, 1.54) is 36.3 Å². The summed E-state index contributed by atoms with van der Waals surface area (Å²) in [5, 5.41) is 21.4. The van der Waals surface area contributed by atoms with Crippen molar-refractivity contribution >= 4 is 23.3 Å². The Hall–Kier alpha value is -4.85. The van der Waals surface area contributed by atoms with Crippen LogP contribution in [0.2, 0.25) is 0 Å². The van der Waals surface area contributed by atoms with Crippen LogP contribution in [0.5, 0.6) is 5.75 Å². The third-order valence-electron chi connectivity index (χ3n) is 5.20. The van der Waals surface area contributed by atoms with Gasteiger partial charge < -0.3 is 19.9 Å². The predicted octanol–water partition coefficient (Wildman–Crippen LogP) is 2.50. The van der Waals surface area contributed by atoms with Crippen molar-refractivity contribution < 1.29 is 28.7 Å². The normalized spacial score (nSPS) is 15.5. The lowest BCUT2D eigenvalue weighted by atomic mass is 9.80. The zero-order valence-corrected chi connectivity index (χ0v) is 18.5. The summed E-state index contributed by atoms with van der Waals surface area (Å²) in [6.45, 7) is 0. The van der Waals surface area contributed by atoms with Crippen molar-refractivity contribution in [1.29, 1.82) is 5.26 Å². The average Bonchev–Trinajstić information content (AvgIpc) is 2.86. The number of nitrogens with zero attached hydrogens (tertiary/aromatic N) is 3. The molecular formula is C23H20N4O7. The number of carbonyl (C=O) groups excluding carboxylic acids is 2. The highest BCUT2D eigenvalue weighted by Gasteiger charge is 2.43. The Morgan fingerprint density at radius 2 is 1.76 bits per heavy atom. The molecule has 34 heavy (non-hydrogen) atoms. The molecule has 0 aliphatic carbocycles. The number of allylic oxidation sites excluding steroid dienone is 1. The Balaban J connectivity index is 2.42. The van der Waals surface area contributed by atoms with E-state index in [0.717, 1.165) is 14.2 Å². The Bertz CT molecular complexity index is 1280. The van der Waals surface area contributed by atoms with Crippen LogP contribution < -0.4 is 15.4 Å². The highest BCUT2D eigenvalue weighted by Crippen LogP contribution is 2.44. The van der Waals surface area contributed by atoms with Gasteiger partial charge in [-0.05, 0) is 17.7 Å². The molecule has 0 radical (unpaired) electrons. The summed E-state index contributed by atoms with van der Waals surface area (Å²) in [6.07, 6.45) is 0. The summed E-state index contributed by atoms with van der Waals surface area (Å²) in [4.78, 5) is 38.0. The first kappa shape index (κ1) is 23.8. The van der Waals surface area contributed by atoms with Crippen LogP contribution in [0.3, 0.4) is 0 Å². The van der Waals surface area contributed by atoms with E-state index in [2.05, 4.69) is 0 Å². The zero-order valence-electron chi connectivity index (χ0n) is 18.5. The third kappa shape index (κ3) is 4.12. The zero-order chi connectivity index (χ0) is 25.0. The van der Waals surface area contributed by atoms with Crippen LogP contribution in [0.4, 0.5) is 11.4 Å². The smallest absolute Gasteiger partial charge is 0.355 e. The maximum absolute atomic E-state index is 13.0. The van der Waals surface area contributed by atoms with E-state index in [-0.39, 0.29) is 33.9 Å². The fourth-order valence-corrected chi connectivity index (χ4v) is 3.70. The minimum atomic E-state index is -1.23. The van der Waals surface area contributed by atoms with E-state index in [4.69, 9.17) is 19.9 Å². The molecule has 2 aromatic carbocycles. The molecule has 2 aromatic rings. The second kappa shape index (κ2) is 9.74. The van der Waals surface area contributed by atoms with Crippen molar-refractivity contribution in [2.45, 2.75) is 5.92 Å². The Morgan fingerprint density at radius 1 is 1.09 bits per heavy atom. The molecule has 0 bridgehead atoms. The number of hydrogen-bond acceptors (Lipinski definition) is 10. The Kier molecular flexibility index (Phi) is 6.82. The van der Waals surface area contributed by atoms with Gasteiger partial charge in [-0.2, -0.15) is 5.26 Å². The van der Waals surface area contributed by atoms with Crippen molar-refractivity contribution in [2.24, 2.45) is 5.73 Å². The van der Waals surface area contributed by atoms with E-state index < -0.39 is 22.8 Å². The van der Waals surface area contributed by atoms with Crippen LogP contribution in [0.1, 0.15) is 11.5 Å². The van der Waals surface area contributed by atoms with Gasteiger partial charge in [-0.15, -0.1) is 0 Å². The quantitative estimate of drug-likeness (QED) is 0.382. The monoisotopic (exact) mass is 464 g/mol. The molecule has 11 nitrogen and oxygen atoms in total. The second-order valence-corrected chi connectivity index (χ2v) is 6.98. The third-order valence-corrected chi connectivity index (χ3v) is 5.20. The van der Waals surface area contributed by atoms with Crippen LogP contribution in [-0.2, 0) is 19.1 Å². The van der Waals surface area contributed by atoms with E-state index in [9.17, 15) is 25.0 Å². The minimum absolute atomic E-state index is 0.114. The minimum Gasteiger partial charge on any atom is -0.497 e. The van der Waals surface area contributed by atoms with Gasteiger partial charge in [-0.25, -0.2) is 9.59 Å². The number of nitro groups is 1. The van der Waals surface area contributed by atoms with Crippen LogP contribution in [0, 0.1) is 21.4 Å². The van der Waals surface area contributed by atoms with E-state index in [0.29, 0.717) is 11.4 Å². The van der Waals surface area contributed by atoms with Gasteiger partial charge in [-0.1, -0.05) is 18.2 Å². The lowest BCUT2D eigenvalue weighted by molar-refractivity contribution is -0.384. The van der Waals surface area contributed by atoms with Gasteiger partial charge in [0.15, 0.2) is 0 Å². The molecule has 0 spiro atoms. The standard InChI is InChI=1S/C23H20N4O7/c1-32-16-9-5-7-14(11-16)26-20(23(29)34-3)19(22(28)33-2)18(17(12-24)21(26)25)13-6-4-8-15(10-13)27(30)31/h4-11,18H,25H2,1-3H3. The Labute approximate surface area is 194 Å². The molecular weight excluding hydrogens is 444 g/mol. The number of benzene rings is 2. The maximum Gasteiger partial charge on any atom is 0.355 e. The summed E-state index contributed by atoms with van der Waals surface area (Å²) in [5.41, 5.74) is 5.95. The molecule has 0 saturated carbocycles. The molecule has 1 aliphatic heterocycles. The molecule has 0 saturated heterocycles. The van der Waals surface area contributed by atoms with Gasteiger partial charge in [0.05, 0.1) is 55.1 Å². The second-order valence-electron chi connectivity index (χ2n) is 6.98. The number of methoxy groups -OCH3 is 3. The lowest BCUT2D eigenvalue weighted by Crippen LogP contribution is -2.40. The van der Waals surface area contributed by atoms with Gasteiger partial charge in [-0.3, -0.25) is 15.0 Å². The molecule has 1 heterocycles. The molecule has 174 valence electrons. The number of carbonyl (C=O) groups is 2.